The van der Waals surface area contributed by atoms with E-state index in [1.165, 1.54) is 16.4 Å². The van der Waals surface area contributed by atoms with Crippen LogP contribution in [0, 0.1) is 17.7 Å². The Morgan fingerprint density at radius 1 is 0.969 bits per heavy atom. The second-order valence-electron chi connectivity index (χ2n) is 9.07. The van der Waals surface area contributed by atoms with Crippen LogP contribution in [-0.2, 0) is 21.4 Å². The Morgan fingerprint density at radius 2 is 1.69 bits per heavy atom. The summed E-state index contributed by atoms with van der Waals surface area (Å²) in [4.78, 5) is 27.5. The largest absolute Gasteiger partial charge is 0.341 e. The van der Waals surface area contributed by atoms with Gasteiger partial charge in [-0.25, -0.2) is 12.8 Å². The van der Waals surface area contributed by atoms with Crippen LogP contribution in [0.2, 0.25) is 0 Å². The van der Waals surface area contributed by atoms with Gasteiger partial charge in [0.15, 0.2) is 0 Å². The zero-order valence-corrected chi connectivity index (χ0v) is 18.5. The van der Waals surface area contributed by atoms with Gasteiger partial charge in [0.25, 0.3) is 5.56 Å². The Balaban J connectivity index is 1.25. The number of carbonyl (C=O) groups excluding carboxylic acids is 1. The lowest BCUT2D eigenvalue weighted by Crippen LogP contribution is -2.52. The molecular weight excluding hydrogens is 433 g/mol. The number of benzene rings is 1. The predicted molar refractivity (Wildman–Crippen MR) is 116 cm³/mol. The van der Waals surface area contributed by atoms with Gasteiger partial charge in [0, 0.05) is 56.3 Å². The van der Waals surface area contributed by atoms with E-state index in [1.807, 2.05) is 15.5 Å². The van der Waals surface area contributed by atoms with Crippen molar-refractivity contribution in [2.24, 2.45) is 11.8 Å². The molecule has 1 amide bonds. The molecular formula is C23H26FN3O4S. The summed E-state index contributed by atoms with van der Waals surface area (Å²) in [7, 11) is -3.69. The van der Waals surface area contributed by atoms with Crippen molar-refractivity contribution in [1.82, 2.24) is 13.8 Å². The summed E-state index contributed by atoms with van der Waals surface area (Å²) in [6.45, 7) is 2.44. The number of aromatic nitrogens is 1. The van der Waals surface area contributed by atoms with Gasteiger partial charge in [0.2, 0.25) is 15.9 Å². The van der Waals surface area contributed by atoms with E-state index >= 15 is 0 Å². The number of amides is 1. The third-order valence-corrected chi connectivity index (χ3v) is 8.96. The van der Waals surface area contributed by atoms with Gasteiger partial charge in [0.1, 0.15) is 5.82 Å². The topological polar surface area (TPSA) is 79.7 Å². The fourth-order valence-corrected chi connectivity index (χ4v) is 6.90. The minimum atomic E-state index is -3.69. The number of halogens is 1. The number of hydrogen-bond acceptors (Lipinski definition) is 4. The first-order chi connectivity index (χ1) is 15.3. The first kappa shape index (κ1) is 21.3. The van der Waals surface area contributed by atoms with Crippen molar-refractivity contribution in [1.29, 1.82) is 0 Å². The van der Waals surface area contributed by atoms with Crippen molar-refractivity contribution < 1.29 is 17.6 Å². The van der Waals surface area contributed by atoms with Crippen molar-refractivity contribution in [3.63, 3.8) is 0 Å². The number of piperidine rings is 2. The van der Waals surface area contributed by atoms with Crippen LogP contribution in [0.3, 0.4) is 0 Å². The molecule has 2 fully saturated rings. The summed E-state index contributed by atoms with van der Waals surface area (Å²) in [5, 5.41) is 0. The second kappa shape index (κ2) is 8.12. The molecule has 0 aliphatic carbocycles. The molecule has 0 N–H and O–H groups in total. The van der Waals surface area contributed by atoms with Gasteiger partial charge in [-0.2, -0.15) is 4.31 Å². The molecule has 7 nitrogen and oxygen atoms in total. The number of carbonyl (C=O) groups is 1. The average molecular weight is 460 g/mol. The number of pyridine rings is 1. The molecule has 9 heteroatoms. The molecule has 1 unspecified atom stereocenters. The van der Waals surface area contributed by atoms with E-state index in [9.17, 15) is 22.4 Å². The Kier molecular flexibility index (Phi) is 5.41. The average Bonchev–Trinajstić information content (AvgIpc) is 2.79. The zero-order valence-electron chi connectivity index (χ0n) is 17.7. The quantitative estimate of drug-likeness (QED) is 0.704. The molecule has 2 aromatic rings. The molecule has 3 aliphatic rings. The van der Waals surface area contributed by atoms with Gasteiger partial charge in [0.05, 0.1) is 4.90 Å². The van der Waals surface area contributed by atoms with E-state index in [4.69, 9.17) is 0 Å². The van der Waals surface area contributed by atoms with E-state index < -0.39 is 15.8 Å². The van der Waals surface area contributed by atoms with Crippen LogP contribution in [0.1, 0.15) is 30.9 Å². The standard InChI is InChI=1S/C23H26FN3O4S/c24-19-4-6-20(7-5-19)32(30,31)26-10-8-17(9-11-26)23(29)25-13-16-12-18(15-25)21-2-1-3-22(28)27(21)14-16/h1-7,16-18H,8-15H2/t16-,18?/m0/s1. The molecule has 2 bridgehead atoms. The number of rotatable bonds is 3. The van der Waals surface area contributed by atoms with E-state index in [2.05, 4.69) is 0 Å². The van der Waals surface area contributed by atoms with Crippen LogP contribution in [0.15, 0.2) is 52.2 Å². The van der Waals surface area contributed by atoms with E-state index in [0.717, 1.165) is 24.2 Å². The van der Waals surface area contributed by atoms with Crippen molar-refractivity contribution in [2.75, 3.05) is 26.2 Å². The van der Waals surface area contributed by atoms with Crippen LogP contribution in [0.25, 0.3) is 0 Å². The smallest absolute Gasteiger partial charge is 0.250 e. The van der Waals surface area contributed by atoms with E-state index in [-0.39, 0.29) is 47.2 Å². The zero-order chi connectivity index (χ0) is 22.5. The first-order valence-corrected chi connectivity index (χ1v) is 12.5. The molecule has 32 heavy (non-hydrogen) atoms. The summed E-state index contributed by atoms with van der Waals surface area (Å²) in [5.74, 6) is -0.160. The third kappa shape index (κ3) is 3.77. The maximum absolute atomic E-state index is 13.3. The van der Waals surface area contributed by atoms with Gasteiger partial charge in [-0.05, 0) is 55.5 Å². The second-order valence-corrected chi connectivity index (χ2v) is 11.0. The van der Waals surface area contributed by atoms with Gasteiger partial charge in [-0.3, -0.25) is 9.59 Å². The molecule has 0 spiro atoms. The summed E-state index contributed by atoms with van der Waals surface area (Å²) in [5.41, 5.74) is 1.03. The lowest BCUT2D eigenvalue weighted by molar-refractivity contribution is -0.139. The highest BCUT2D eigenvalue weighted by Crippen LogP contribution is 2.36. The fourth-order valence-electron chi connectivity index (χ4n) is 5.43. The van der Waals surface area contributed by atoms with E-state index in [0.29, 0.717) is 32.5 Å². The molecule has 0 radical (unpaired) electrons. The lowest BCUT2D eigenvalue weighted by atomic mass is 9.82. The summed E-state index contributed by atoms with van der Waals surface area (Å²) >= 11 is 0. The monoisotopic (exact) mass is 459 g/mol. The van der Waals surface area contributed by atoms with Gasteiger partial charge >= 0.3 is 0 Å². The number of hydrogen-bond donors (Lipinski definition) is 0. The van der Waals surface area contributed by atoms with Gasteiger partial charge < -0.3 is 9.47 Å². The lowest BCUT2D eigenvalue weighted by Gasteiger charge is -2.44. The molecule has 0 saturated carbocycles. The van der Waals surface area contributed by atoms with Crippen molar-refractivity contribution in [3.05, 3.63) is 64.3 Å². The van der Waals surface area contributed by atoms with Gasteiger partial charge in [-0.15, -0.1) is 0 Å². The number of sulfonamides is 1. The van der Waals surface area contributed by atoms with Crippen LogP contribution in [-0.4, -0.2) is 54.3 Å². The predicted octanol–water partition coefficient (Wildman–Crippen LogP) is 2.03. The SMILES string of the molecule is O=C(C1CCN(S(=O)(=O)c2ccc(F)cc2)CC1)N1CC2C[C@@H](C1)Cn1c2cccc1=O. The number of likely N-dealkylation sites (tertiary alicyclic amines) is 1. The highest BCUT2D eigenvalue weighted by Gasteiger charge is 2.39. The van der Waals surface area contributed by atoms with Crippen molar-refractivity contribution >= 4 is 15.9 Å². The maximum atomic E-state index is 13.3. The number of fused-ring (bicyclic) bond motifs is 4. The van der Waals surface area contributed by atoms with E-state index in [1.54, 1.807) is 12.1 Å². The first-order valence-electron chi connectivity index (χ1n) is 11.1. The van der Waals surface area contributed by atoms with Crippen LogP contribution < -0.4 is 5.56 Å². The molecule has 1 aromatic carbocycles. The highest BCUT2D eigenvalue weighted by atomic mass is 32.2. The molecule has 4 heterocycles. The Bertz CT molecular complexity index is 1190. The van der Waals surface area contributed by atoms with Crippen LogP contribution >= 0.6 is 0 Å². The Labute approximate surface area is 186 Å². The van der Waals surface area contributed by atoms with Crippen molar-refractivity contribution in [2.45, 2.75) is 36.6 Å². The molecule has 2 atom stereocenters. The molecule has 3 aliphatic heterocycles. The Morgan fingerprint density at radius 3 is 2.41 bits per heavy atom. The maximum Gasteiger partial charge on any atom is 0.250 e. The third-order valence-electron chi connectivity index (χ3n) is 7.05. The minimum Gasteiger partial charge on any atom is -0.341 e. The molecule has 1 aromatic heterocycles. The normalized spacial score (nSPS) is 24.2. The summed E-state index contributed by atoms with van der Waals surface area (Å²) < 4.78 is 42.1. The van der Waals surface area contributed by atoms with Crippen LogP contribution in [0.5, 0.6) is 0 Å². The van der Waals surface area contributed by atoms with Crippen molar-refractivity contribution in [3.8, 4) is 0 Å². The fraction of sp³-hybridized carbons (Fsp3) is 0.478. The minimum absolute atomic E-state index is 0.0201. The molecule has 170 valence electrons. The number of nitrogens with zero attached hydrogens (tertiary/aromatic N) is 3. The summed E-state index contributed by atoms with van der Waals surface area (Å²) in [6.07, 6.45) is 1.93. The summed E-state index contributed by atoms with van der Waals surface area (Å²) in [6, 6.07) is 10.2. The van der Waals surface area contributed by atoms with Gasteiger partial charge in [-0.1, -0.05) is 6.07 Å². The van der Waals surface area contributed by atoms with Crippen LogP contribution in [0.4, 0.5) is 4.39 Å². The highest BCUT2D eigenvalue weighted by molar-refractivity contribution is 7.89. The Hall–Kier alpha value is -2.52. The molecule has 2 saturated heterocycles. The molecule has 5 rings (SSSR count).